The average molecular weight is 343 g/mol. The maximum Gasteiger partial charge on any atom is 0.411 e. The topological polar surface area (TPSA) is 94.6 Å². The van der Waals surface area contributed by atoms with Gasteiger partial charge in [0, 0.05) is 5.69 Å². The molecule has 1 aromatic carbocycles. The molecule has 116 valence electrons. The SMILES string of the molecule is COC(=O)Nc1ccc(OS(=O)(=O)c2ccc(Cl)nc2)cc1. The molecule has 22 heavy (non-hydrogen) atoms. The number of carbonyl (C=O) groups excluding carboxylic acids is 1. The monoisotopic (exact) mass is 342 g/mol. The summed E-state index contributed by atoms with van der Waals surface area (Å²) in [7, 11) is -2.77. The van der Waals surface area contributed by atoms with Gasteiger partial charge in [-0.1, -0.05) is 11.6 Å². The third-order valence-electron chi connectivity index (χ3n) is 2.48. The van der Waals surface area contributed by atoms with E-state index in [1.54, 1.807) is 0 Å². The molecule has 0 aliphatic heterocycles. The summed E-state index contributed by atoms with van der Waals surface area (Å²) in [5, 5.41) is 2.61. The molecule has 0 bridgehead atoms. The van der Waals surface area contributed by atoms with E-state index in [2.05, 4.69) is 15.0 Å². The largest absolute Gasteiger partial charge is 0.453 e. The maximum atomic E-state index is 12.0. The van der Waals surface area contributed by atoms with Crippen molar-refractivity contribution in [3.63, 3.8) is 0 Å². The van der Waals surface area contributed by atoms with Gasteiger partial charge in [0.1, 0.15) is 15.8 Å². The fourth-order valence-corrected chi connectivity index (χ4v) is 2.44. The van der Waals surface area contributed by atoms with Crippen LogP contribution < -0.4 is 9.50 Å². The number of nitrogens with one attached hydrogen (secondary N) is 1. The van der Waals surface area contributed by atoms with Crippen LogP contribution in [0.1, 0.15) is 0 Å². The highest BCUT2D eigenvalue weighted by molar-refractivity contribution is 7.87. The predicted molar refractivity (Wildman–Crippen MR) is 79.5 cm³/mol. The van der Waals surface area contributed by atoms with E-state index >= 15 is 0 Å². The van der Waals surface area contributed by atoms with Gasteiger partial charge in [-0.15, -0.1) is 0 Å². The number of benzene rings is 1. The van der Waals surface area contributed by atoms with Gasteiger partial charge in [-0.3, -0.25) is 5.32 Å². The number of amides is 1. The first kappa shape index (κ1) is 16.1. The molecule has 9 heteroatoms. The number of hydrogen-bond donors (Lipinski definition) is 1. The fraction of sp³-hybridized carbons (Fsp3) is 0.0769. The van der Waals surface area contributed by atoms with Crippen molar-refractivity contribution in [1.82, 2.24) is 4.98 Å². The van der Waals surface area contributed by atoms with E-state index in [1.807, 2.05) is 0 Å². The third-order valence-corrected chi connectivity index (χ3v) is 3.94. The molecule has 0 aliphatic carbocycles. The van der Waals surface area contributed by atoms with Crippen molar-refractivity contribution in [2.75, 3.05) is 12.4 Å². The van der Waals surface area contributed by atoms with Gasteiger partial charge in [-0.05, 0) is 36.4 Å². The Balaban J connectivity index is 2.13. The molecule has 1 amide bonds. The van der Waals surface area contributed by atoms with E-state index in [0.717, 1.165) is 6.20 Å². The van der Waals surface area contributed by atoms with Gasteiger partial charge >= 0.3 is 16.2 Å². The van der Waals surface area contributed by atoms with Crippen LogP contribution in [0.25, 0.3) is 0 Å². The number of aromatic nitrogens is 1. The van der Waals surface area contributed by atoms with Gasteiger partial charge in [0.25, 0.3) is 0 Å². The van der Waals surface area contributed by atoms with Crippen molar-refractivity contribution < 1.29 is 22.1 Å². The summed E-state index contributed by atoms with van der Waals surface area (Å²) in [5.41, 5.74) is 0.435. The van der Waals surface area contributed by atoms with Crippen molar-refractivity contribution in [3.05, 3.63) is 47.7 Å². The molecule has 0 unspecified atom stereocenters. The highest BCUT2D eigenvalue weighted by Gasteiger charge is 2.17. The average Bonchev–Trinajstić information content (AvgIpc) is 2.49. The summed E-state index contributed by atoms with van der Waals surface area (Å²) < 4.78 is 33.5. The molecule has 0 saturated heterocycles. The number of ether oxygens (including phenoxy) is 1. The second kappa shape index (κ2) is 6.63. The van der Waals surface area contributed by atoms with Crippen molar-refractivity contribution in [3.8, 4) is 5.75 Å². The summed E-state index contributed by atoms with van der Waals surface area (Å²) in [5.74, 6) is 0.0883. The number of rotatable bonds is 4. The second-order valence-corrected chi connectivity index (χ2v) is 5.93. The van der Waals surface area contributed by atoms with Gasteiger partial charge in [0.15, 0.2) is 0 Å². The van der Waals surface area contributed by atoms with Gasteiger partial charge in [0.2, 0.25) is 0 Å². The van der Waals surface area contributed by atoms with Crippen molar-refractivity contribution in [2.45, 2.75) is 4.90 Å². The Morgan fingerprint density at radius 3 is 2.41 bits per heavy atom. The van der Waals surface area contributed by atoms with Gasteiger partial charge in [0.05, 0.1) is 13.3 Å². The minimum Gasteiger partial charge on any atom is -0.453 e. The lowest BCUT2D eigenvalue weighted by molar-refractivity contribution is 0.187. The van der Waals surface area contributed by atoms with E-state index in [0.29, 0.717) is 5.69 Å². The fourth-order valence-electron chi connectivity index (χ4n) is 1.45. The lowest BCUT2D eigenvalue weighted by Crippen LogP contribution is -2.11. The molecule has 0 atom stereocenters. The standard InChI is InChI=1S/C13H11ClN2O5S/c1-20-13(17)16-9-2-4-10(5-3-9)21-22(18,19)11-6-7-12(14)15-8-11/h2-8H,1H3,(H,16,17). The van der Waals surface area contributed by atoms with Crippen molar-refractivity contribution in [2.24, 2.45) is 0 Å². The van der Waals surface area contributed by atoms with E-state index in [9.17, 15) is 13.2 Å². The molecule has 7 nitrogen and oxygen atoms in total. The molecule has 0 radical (unpaired) electrons. The summed E-state index contributed by atoms with van der Waals surface area (Å²) in [6, 6.07) is 8.38. The third kappa shape index (κ3) is 4.09. The van der Waals surface area contributed by atoms with E-state index in [-0.39, 0.29) is 15.8 Å². The number of pyridine rings is 1. The molecule has 0 fully saturated rings. The Hall–Kier alpha value is -2.32. The first-order valence-corrected chi connectivity index (χ1v) is 7.70. The molecule has 0 aliphatic rings. The summed E-state index contributed by atoms with van der Waals surface area (Å²) in [6.45, 7) is 0. The number of anilines is 1. The van der Waals surface area contributed by atoms with Crippen LogP contribution in [0, 0.1) is 0 Å². The lowest BCUT2D eigenvalue weighted by Gasteiger charge is -2.08. The maximum absolute atomic E-state index is 12.0. The van der Waals surface area contributed by atoms with Gasteiger partial charge in [-0.25, -0.2) is 9.78 Å². The Bertz CT molecular complexity index is 760. The quantitative estimate of drug-likeness (QED) is 0.678. The summed E-state index contributed by atoms with van der Waals surface area (Å²) in [6.07, 6.45) is 0.471. The van der Waals surface area contributed by atoms with Gasteiger partial charge in [-0.2, -0.15) is 8.42 Å². The van der Waals surface area contributed by atoms with Crippen LogP contribution in [-0.2, 0) is 14.9 Å². The zero-order valence-electron chi connectivity index (χ0n) is 11.3. The van der Waals surface area contributed by atoms with Crippen LogP contribution in [0.3, 0.4) is 0 Å². The lowest BCUT2D eigenvalue weighted by atomic mass is 10.3. The molecule has 1 N–H and O–H groups in total. The number of hydrogen-bond acceptors (Lipinski definition) is 6. The second-order valence-electron chi connectivity index (χ2n) is 4.00. The number of methoxy groups -OCH3 is 1. The van der Waals surface area contributed by atoms with Gasteiger partial charge < -0.3 is 8.92 Å². The van der Waals surface area contributed by atoms with Crippen LogP contribution in [0.15, 0.2) is 47.5 Å². The smallest absolute Gasteiger partial charge is 0.411 e. The first-order valence-electron chi connectivity index (χ1n) is 5.92. The highest BCUT2D eigenvalue weighted by Crippen LogP contribution is 2.21. The number of carbonyl (C=O) groups is 1. The Morgan fingerprint density at radius 2 is 1.86 bits per heavy atom. The Labute approximate surface area is 132 Å². The van der Waals surface area contributed by atoms with Crippen LogP contribution in [-0.4, -0.2) is 26.6 Å². The van der Waals surface area contributed by atoms with Crippen molar-refractivity contribution in [1.29, 1.82) is 0 Å². The van der Waals surface area contributed by atoms with Crippen LogP contribution in [0.5, 0.6) is 5.75 Å². The molecule has 2 aromatic rings. The normalized spacial score (nSPS) is 10.8. The van der Waals surface area contributed by atoms with E-state index in [4.69, 9.17) is 15.8 Å². The summed E-state index contributed by atoms with van der Waals surface area (Å²) >= 11 is 5.60. The molecule has 2 rings (SSSR count). The van der Waals surface area contributed by atoms with E-state index < -0.39 is 16.2 Å². The Morgan fingerprint density at radius 1 is 1.18 bits per heavy atom. The van der Waals surface area contributed by atoms with E-state index in [1.165, 1.54) is 43.5 Å². The van der Waals surface area contributed by atoms with Crippen LogP contribution >= 0.6 is 11.6 Å². The highest BCUT2D eigenvalue weighted by atomic mass is 35.5. The van der Waals surface area contributed by atoms with Crippen LogP contribution in [0.4, 0.5) is 10.5 Å². The first-order chi connectivity index (χ1) is 10.4. The molecule has 0 spiro atoms. The number of nitrogens with zero attached hydrogens (tertiary/aromatic N) is 1. The number of halogens is 1. The zero-order valence-corrected chi connectivity index (χ0v) is 12.9. The Kier molecular flexibility index (Phi) is 4.84. The minimum absolute atomic E-state index is 0.0883. The summed E-state index contributed by atoms with van der Waals surface area (Å²) in [4.78, 5) is 14.6. The molecular formula is C13H11ClN2O5S. The van der Waals surface area contributed by atoms with Crippen molar-refractivity contribution >= 4 is 33.5 Å². The molecule has 0 saturated carbocycles. The van der Waals surface area contributed by atoms with Crippen LogP contribution in [0.2, 0.25) is 5.15 Å². The zero-order chi connectivity index (χ0) is 16.2. The molecule has 1 heterocycles. The molecular weight excluding hydrogens is 332 g/mol. The minimum atomic E-state index is -4.00. The molecule has 1 aromatic heterocycles. The predicted octanol–water partition coefficient (Wildman–Crippen LogP) is 2.68.